The number of hydrogen-bond donors (Lipinski definition) is 0. The monoisotopic (exact) mass is 320 g/mol. The van der Waals surface area contributed by atoms with Crippen molar-refractivity contribution >= 4 is 11.9 Å². The van der Waals surface area contributed by atoms with Gasteiger partial charge in [-0.2, -0.15) is 0 Å². The van der Waals surface area contributed by atoms with Crippen molar-refractivity contribution in [2.24, 2.45) is 11.8 Å². The van der Waals surface area contributed by atoms with Crippen LogP contribution in [0.2, 0.25) is 0 Å². The molecule has 1 aromatic rings. The standard InChI is InChI=1S/C18H24O5/c1-4-13(18(20)22-5-2)17-12(10-16(19)21-3)11-23-15-9-7-6-8-14(15)17/h6-9,12-13,17H,4-5,10-11H2,1-3H3. The number of fused-ring (bicyclic) bond motifs is 1. The Labute approximate surface area is 136 Å². The van der Waals surface area contributed by atoms with Crippen LogP contribution in [-0.2, 0) is 19.1 Å². The molecule has 3 atom stereocenters. The summed E-state index contributed by atoms with van der Waals surface area (Å²) in [4.78, 5) is 24.2. The van der Waals surface area contributed by atoms with E-state index in [0.717, 1.165) is 11.3 Å². The molecule has 3 unspecified atom stereocenters. The highest BCUT2D eigenvalue weighted by molar-refractivity contribution is 5.75. The van der Waals surface area contributed by atoms with Gasteiger partial charge in [0.15, 0.2) is 0 Å². The highest BCUT2D eigenvalue weighted by atomic mass is 16.5. The Morgan fingerprint density at radius 1 is 1.30 bits per heavy atom. The lowest BCUT2D eigenvalue weighted by atomic mass is 9.73. The predicted molar refractivity (Wildman–Crippen MR) is 85.2 cm³/mol. The molecule has 5 nitrogen and oxygen atoms in total. The van der Waals surface area contributed by atoms with Crippen molar-refractivity contribution in [1.29, 1.82) is 0 Å². The molecule has 2 rings (SSSR count). The Kier molecular flexibility index (Phi) is 6.02. The topological polar surface area (TPSA) is 61.8 Å². The van der Waals surface area contributed by atoms with E-state index in [9.17, 15) is 9.59 Å². The summed E-state index contributed by atoms with van der Waals surface area (Å²) in [7, 11) is 1.37. The van der Waals surface area contributed by atoms with Crippen LogP contribution in [0.15, 0.2) is 24.3 Å². The van der Waals surface area contributed by atoms with Gasteiger partial charge in [0.25, 0.3) is 0 Å². The van der Waals surface area contributed by atoms with Crippen LogP contribution in [0.25, 0.3) is 0 Å². The molecule has 0 saturated carbocycles. The van der Waals surface area contributed by atoms with Gasteiger partial charge in [-0.1, -0.05) is 25.1 Å². The van der Waals surface area contributed by atoms with Crippen molar-refractivity contribution in [2.45, 2.75) is 32.6 Å². The Bertz CT molecular complexity index is 554. The third-order valence-corrected chi connectivity index (χ3v) is 4.36. The summed E-state index contributed by atoms with van der Waals surface area (Å²) in [5.41, 5.74) is 0.965. The molecule has 0 bridgehead atoms. The van der Waals surface area contributed by atoms with E-state index in [1.807, 2.05) is 31.2 Å². The third kappa shape index (κ3) is 3.84. The van der Waals surface area contributed by atoms with E-state index in [2.05, 4.69) is 0 Å². The summed E-state index contributed by atoms with van der Waals surface area (Å²) in [5, 5.41) is 0. The third-order valence-electron chi connectivity index (χ3n) is 4.36. The van der Waals surface area contributed by atoms with Crippen molar-refractivity contribution in [3.63, 3.8) is 0 Å². The van der Waals surface area contributed by atoms with Crippen molar-refractivity contribution in [3.8, 4) is 5.75 Å². The Morgan fingerprint density at radius 3 is 2.70 bits per heavy atom. The van der Waals surface area contributed by atoms with Gasteiger partial charge < -0.3 is 14.2 Å². The fourth-order valence-corrected chi connectivity index (χ4v) is 3.29. The number of para-hydroxylation sites is 1. The first-order valence-electron chi connectivity index (χ1n) is 8.07. The molecule has 0 aliphatic carbocycles. The number of carbonyl (C=O) groups is 2. The van der Waals surface area contributed by atoms with Crippen LogP contribution in [0.5, 0.6) is 5.75 Å². The summed E-state index contributed by atoms with van der Waals surface area (Å²) < 4.78 is 15.8. The Balaban J connectivity index is 2.37. The molecule has 1 aliphatic rings. The molecule has 0 aromatic heterocycles. The highest BCUT2D eigenvalue weighted by Crippen LogP contribution is 2.44. The first kappa shape index (κ1) is 17.3. The minimum Gasteiger partial charge on any atom is -0.493 e. The SMILES string of the molecule is CCOC(=O)C(CC)C1c2ccccc2OCC1CC(=O)OC. The average molecular weight is 320 g/mol. The molecule has 0 spiro atoms. The second kappa shape index (κ2) is 7.99. The maximum Gasteiger partial charge on any atom is 0.309 e. The zero-order valence-electron chi connectivity index (χ0n) is 13.9. The lowest BCUT2D eigenvalue weighted by Crippen LogP contribution is -2.36. The van der Waals surface area contributed by atoms with Gasteiger partial charge in [-0.25, -0.2) is 0 Å². The molecular formula is C18H24O5. The minimum absolute atomic E-state index is 0.105. The van der Waals surface area contributed by atoms with Crippen molar-refractivity contribution < 1.29 is 23.8 Å². The first-order valence-corrected chi connectivity index (χ1v) is 8.07. The molecule has 0 fully saturated rings. The smallest absolute Gasteiger partial charge is 0.309 e. The molecule has 0 N–H and O–H groups in total. The van der Waals surface area contributed by atoms with E-state index in [4.69, 9.17) is 14.2 Å². The van der Waals surface area contributed by atoms with Gasteiger partial charge in [0.2, 0.25) is 0 Å². The number of ether oxygens (including phenoxy) is 3. The van der Waals surface area contributed by atoms with Crippen LogP contribution in [0.1, 0.15) is 38.2 Å². The largest absolute Gasteiger partial charge is 0.493 e. The van der Waals surface area contributed by atoms with Crippen LogP contribution >= 0.6 is 0 Å². The fourth-order valence-electron chi connectivity index (χ4n) is 3.29. The molecule has 1 aromatic carbocycles. The van der Waals surface area contributed by atoms with E-state index in [-0.39, 0.29) is 36.1 Å². The summed E-state index contributed by atoms with van der Waals surface area (Å²) in [6, 6.07) is 7.69. The zero-order valence-corrected chi connectivity index (χ0v) is 13.9. The van der Waals surface area contributed by atoms with Gasteiger partial charge in [-0.05, 0) is 25.0 Å². The van der Waals surface area contributed by atoms with Crippen LogP contribution in [-0.4, -0.2) is 32.3 Å². The lowest BCUT2D eigenvalue weighted by Gasteiger charge is -2.36. The normalized spacial score (nSPS) is 20.8. The summed E-state index contributed by atoms with van der Waals surface area (Å²) in [6.45, 7) is 4.51. The number of methoxy groups -OCH3 is 1. The number of esters is 2. The van der Waals surface area contributed by atoms with E-state index in [1.165, 1.54) is 7.11 Å². The first-order chi connectivity index (χ1) is 11.1. The van der Waals surface area contributed by atoms with E-state index >= 15 is 0 Å². The van der Waals surface area contributed by atoms with Gasteiger partial charge in [0.05, 0.1) is 32.7 Å². The maximum absolute atomic E-state index is 12.4. The summed E-state index contributed by atoms with van der Waals surface area (Å²) >= 11 is 0. The van der Waals surface area contributed by atoms with Crippen molar-refractivity contribution in [1.82, 2.24) is 0 Å². The van der Waals surface area contributed by atoms with E-state index in [0.29, 0.717) is 19.6 Å². The van der Waals surface area contributed by atoms with Gasteiger partial charge in [0.1, 0.15) is 5.75 Å². The molecular weight excluding hydrogens is 296 g/mol. The Hall–Kier alpha value is -2.04. The average Bonchev–Trinajstić information content (AvgIpc) is 2.57. The maximum atomic E-state index is 12.4. The molecule has 0 radical (unpaired) electrons. The molecule has 0 amide bonds. The minimum atomic E-state index is -0.297. The molecule has 1 aliphatic heterocycles. The lowest BCUT2D eigenvalue weighted by molar-refractivity contribution is -0.151. The number of carbonyl (C=O) groups excluding carboxylic acids is 2. The highest BCUT2D eigenvalue weighted by Gasteiger charge is 2.40. The quantitative estimate of drug-likeness (QED) is 0.754. The van der Waals surface area contributed by atoms with Gasteiger partial charge in [0, 0.05) is 11.8 Å². The second-order valence-electron chi connectivity index (χ2n) is 5.68. The van der Waals surface area contributed by atoms with Gasteiger partial charge >= 0.3 is 11.9 Å². The molecule has 5 heteroatoms. The van der Waals surface area contributed by atoms with E-state index < -0.39 is 0 Å². The van der Waals surface area contributed by atoms with Crippen LogP contribution in [0, 0.1) is 11.8 Å². The molecule has 0 saturated heterocycles. The molecule has 23 heavy (non-hydrogen) atoms. The molecule has 126 valence electrons. The Morgan fingerprint density at radius 2 is 2.04 bits per heavy atom. The molecule has 1 heterocycles. The second-order valence-corrected chi connectivity index (χ2v) is 5.68. The predicted octanol–water partition coefficient (Wildman–Crippen LogP) is 2.93. The van der Waals surface area contributed by atoms with E-state index in [1.54, 1.807) is 6.92 Å². The van der Waals surface area contributed by atoms with Gasteiger partial charge in [-0.15, -0.1) is 0 Å². The summed E-state index contributed by atoms with van der Waals surface area (Å²) in [5.74, 6) is -0.237. The summed E-state index contributed by atoms with van der Waals surface area (Å²) in [6.07, 6.45) is 0.876. The number of benzene rings is 1. The van der Waals surface area contributed by atoms with Gasteiger partial charge in [-0.3, -0.25) is 9.59 Å². The number of rotatable bonds is 6. The van der Waals surface area contributed by atoms with Crippen LogP contribution in [0.3, 0.4) is 0 Å². The zero-order chi connectivity index (χ0) is 16.8. The van der Waals surface area contributed by atoms with Crippen molar-refractivity contribution in [3.05, 3.63) is 29.8 Å². The van der Waals surface area contributed by atoms with Crippen molar-refractivity contribution in [2.75, 3.05) is 20.3 Å². The van der Waals surface area contributed by atoms with Crippen LogP contribution < -0.4 is 4.74 Å². The number of hydrogen-bond acceptors (Lipinski definition) is 5. The fraction of sp³-hybridized carbons (Fsp3) is 0.556. The van der Waals surface area contributed by atoms with Crippen LogP contribution in [0.4, 0.5) is 0 Å².